The molecule has 0 amide bonds. The number of azo groups is 1. The Kier molecular flexibility index (Phi) is 3.92. The Bertz CT molecular complexity index is 1040. The number of benzene rings is 3. The van der Waals surface area contributed by atoms with Crippen molar-refractivity contribution in [3.63, 3.8) is 0 Å². The van der Waals surface area contributed by atoms with E-state index in [1.54, 1.807) is 24.3 Å². The van der Waals surface area contributed by atoms with Gasteiger partial charge in [0, 0.05) is 16.5 Å². The van der Waals surface area contributed by atoms with Gasteiger partial charge in [0.1, 0.15) is 10.6 Å². The number of nitrogens with two attached hydrogens (primary N) is 1. The summed E-state index contributed by atoms with van der Waals surface area (Å²) < 4.78 is 32.1. The van der Waals surface area contributed by atoms with Crippen molar-refractivity contribution in [2.45, 2.75) is 4.90 Å². The van der Waals surface area contributed by atoms with E-state index in [-0.39, 0.29) is 27.1 Å². The summed E-state index contributed by atoms with van der Waals surface area (Å²) in [5, 5.41) is 18.7. The van der Waals surface area contributed by atoms with Crippen LogP contribution in [0.15, 0.2) is 69.7 Å². The highest BCUT2D eigenvalue weighted by Crippen LogP contribution is 2.37. The zero-order chi connectivity index (χ0) is 17.3. The van der Waals surface area contributed by atoms with Crippen molar-refractivity contribution in [1.82, 2.24) is 0 Å². The first kappa shape index (κ1) is 15.9. The Morgan fingerprint density at radius 1 is 0.875 bits per heavy atom. The van der Waals surface area contributed by atoms with Crippen molar-refractivity contribution < 1.29 is 18.1 Å². The minimum atomic E-state index is -4.40. The molecule has 0 atom stereocenters. The molecule has 0 heterocycles. The summed E-state index contributed by atoms with van der Waals surface area (Å²) in [5.41, 5.74) is 6.91. The third kappa shape index (κ3) is 3.05. The van der Waals surface area contributed by atoms with Crippen LogP contribution < -0.4 is 5.73 Å². The lowest BCUT2D eigenvalue weighted by atomic mass is 10.1. The Morgan fingerprint density at radius 2 is 1.58 bits per heavy atom. The Labute approximate surface area is 137 Å². The molecule has 0 bridgehead atoms. The number of phenolic OH excluding ortho intramolecular Hbond substituents is 1. The van der Waals surface area contributed by atoms with Gasteiger partial charge in [0.25, 0.3) is 10.1 Å². The standard InChI is InChI=1S/C16H13N3O4S/c17-10-4-6-11(7-5-10)18-19-14-9-8-12-13(16(14)20)2-1-3-15(12)24(21,22)23/h1-9,20H,17H2,(H,21,22,23). The number of nitrogen functional groups attached to an aromatic ring is 1. The number of hydrogen-bond acceptors (Lipinski definition) is 6. The minimum absolute atomic E-state index is 0.173. The summed E-state index contributed by atoms with van der Waals surface area (Å²) in [4.78, 5) is -0.280. The number of phenols is 1. The molecule has 3 rings (SSSR count). The SMILES string of the molecule is Nc1ccc(N=Nc2ccc3c(S(=O)(=O)O)cccc3c2O)cc1. The van der Waals surface area contributed by atoms with Crippen molar-refractivity contribution in [3.05, 3.63) is 54.6 Å². The van der Waals surface area contributed by atoms with E-state index >= 15 is 0 Å². The van der Waals surface area contributed by atoms with Crippen LogP contribution in [-0.2, 0) is 10.1 Å². The highest BCUT2D eigenvalue weighted by Gasteiger charge is 2.16. The number of fused-ring (bicyclic) bond motifs is 1. The van der Waals surface area contributed by atoms with Gasteiger partial charge in [-0.15, -0.1) is 5.11 Å². The van der Waals surface area contributed by atoms with Gasteiger partial charge in [-0.25, -0.2) is 0 Å². The molecule has 3 aromatic rings. The van der Waals surface area contributed by atoms with E-state index in [0.717, 1.165) is 0 Å². The third-order valence-corrected chi connectivity index (χ3v) is 4.33. The Morgan fingerprint density at radius 3 is 2.25 bits per heavy atom. The molecular formula is C16H13N3O4S. The molecule has 122 valence electrons. The predicted molar refractivity (Wildman–Crippen MR) is 90.5 cm³/mol. The summed E-state index contributed by atoms with van der Waals surface area (Å²) in [5.74, 6) is -0.225. The van der Waals surface area contributed by atoms with Crippen LogP contribution in [0.2, 0.25) is 0 Å². The quantitative estimate of drug-likeness (QED) is 0.379. The topological polar surface area (TPSA) is 125 Å². The molecule has 4 N–H and O–H groups in total. The van der Waals surface area contributed by atoms with E-state index in [2.05, 4.69) is 10.2 Å². The molecule has 0 aliphatic rings. The molecule has 0 fully saturated rings. The van der Waals surface area contributed by atoms with Crippen LogP contribution in [0.1, 0.15) is 0 Å². The molecule has 24 heavy (non-hydrogen) atoms. The van der Waals surface area contributed by atoms with Gasteiger partial charge < -0.3 is 10.8 Å². The van der Waals surface area contributed by atoms with E-state index in [9.17, 15) is 18.1 Å². The second kappa shape index (κ2) is 5.91. The molecule has 0 aromatic heterocycles. The van der Waals surface area contributed by atoms with Crippen LogP contribution in [-0.4, -0.2) is 18.1 Å². The van der Waals surface area contributed by atoms with Crippen LogP contribution in [0.25, 0.3) is 10.8 Å². The predicted octanol–water partition coefficient (Wildman–Crippen LogP) is 3.79. The van der Waals surface area contributed by atoms with Crippen molar-refractivity contribution in [2.75, 3.05) is 5.73 Å². The first-order chi connectivity index (χ1) is 11.4. The van der Waals surface area contributed by atoms with Crippen LogP contribution >= 0.6 is 0 Å². The number of rotatable bonds is 3. The summed E-state index contributed by atoms with van der Waals surface area (Å²) >= 11 is 0. The van der Waals surface area contributed by atoms with E-state index in [1.165, 1.54) is 30.3 Å². The smallest absolute Gasteiger partial charge is 0.295 e. The molecule has 0 aliphatic heterocycles. The van der Waals surface area contributed by atoms with Crippen molar-refractivity contribution >= 4 is 38.0 Å². The van der Waals surface area contributed by atoms with Gasteiger partial charge in [-0.05, 0) is 36.4 Å². The first-order valence-corrected chi connectivity index (χ1v) is 8.30. The molecule has 7 nitrogen and oxygen atoms in total. The second-order valence-electron chi connectivity index (χ2n) is 5.05. The van der Waals surface area contributed by atoms with E-state index < -0.39 is 10.1 Å². The molecule has 0 aliphatic carbocycles. The van der Waals surface area contributed by atoms with Crippen LogP contribution in [0.5, 0.6) is 5.75 Å². The minimum Gasteiger partial charge on any atom is -0.505 e. The number of aromatic hydroxyl groups is 1. The van der Waals surface area contributed by atoms with Crippen LogP contribution in [0.3, 0.4) is 0 Å². The molecule has 0 spiro atoms. The van der Waals surface area contributed by atoms with Crippen molar-refractivity contribution in [2.24, 2.45) is 10.2 Å². The largest absolute Gasteiger partial charge is 0.505 e. The zero-order valence-electron chi connectivity index (χ0n) is 12.3. The van der Waals surface area contributed by atoms with E-state index in [1.807, 2.05) is 0 Å². The third-order valence-electron chi connectivity index (χ3n) is 3.42. The average Bonchev–Trinajstić information content (AvgIpc) is 2.54. The second-order valence-corrected chi connectivity index (χ2v) is 6.44. The Balaban J connectivity index is 2.08. The first-order valence-electron chi connectivity index (χ1n) is 6.86. The lowest BCUT2D eigenvalue weighted by Crippen LogP contribution is -1.98. The van der Waals surface area contributed by atoms with E-state index in [4.69, 9.17) is 5.73 Å². The molecule has 0 saturated carbocycles. The van der Waals surface area contributed by atoms with Gasteiger partial charge in [-0.3, -0.25) is 4.55 Å². The summed E-state index contributed by atoms with van der Waals surface area (Å²) in [7, 11) is -4.40. The van der Waals surface area contributed by atoms with E-state index in [0.29, 0.717) is 11.4 Å². The average molecular weight is 343 g/mol. The molecule has 0 saturated heterocycles. The fourth-order valence-electron chi connectivity index (χ4n) is 2.26. The normalized spacial score (nSPS) is 12.0. The number of nitrogens with zero attached hydrogens (tertiary/aromatic N) is 2. The lowest BCUT2D eigenvalue weighted by Gasteiger charge is -2.07. The van der Waals surface area contributed by atoms with Crippen molar-refractivity contribution in [3.8, 4) is 5.75 Å². The highest BCUT2D eigenvalue weighted by atomic mass is 32.2. The van der Waals surface area contributed by atoms with Crippen molar-refractivity contribution in [1.29, 1.82) is 0 Å². The molecule has 3 aromatic carbocycles. The fourth-order valence-corrected chi connectivity index (χ4v) is 2.97. The molecule has 8 heteroatoms. The number of anilines is 1. The van der Waals surface area contributed by atoms with Gasteiger partial charge in [-0.2, -0.15) is 13.5 Å². The maximum atomic E-state index is 11.4. The molecule has 0 radical (unpaired) electrons. The van der Waals surface area contributed by atoms with Gasteiger partial charge in [0.15, 0.2) is 5.75 Å². The molecular weight excluding hydrogens is 330 g/mol. The monoisotopic (exact) mass is 343 g/mol. The lowest BCUT2D eigenvalue weighted by molar-refractivity contribution is 0.482. The van der Waals surface area contributed by atoms with Crippen LogP contribution in [0.4, 0.5) is 17.1 Å². The Hall–Kier alpha value is -2.97. The molecule has 0 unspecified atom stereocenters. The summed E-state index contributed by atoms with van der Waals surface area (Å²) in [6.07, 6.45) is 0. The van der Waals surface area contributed by atoms with Crippen LogP contribution in [0, 0.1) is 0 Å². The van der Waals surface area contributed by atoms with Gasteiger partial charge in [0.05, 0.1) is 5.69 Å². The highest BCUT2D eigenvalue weighted by molar-refractivity contribution is 7.86. The van der Waals surface area contributed by atoms with Gasteiger partial charge in [-0.1, -0.05) is 18.2 Å². The fraction of sp³-hybridized carbons (Fsp3) is 0. The van der Waals surface area contributed by atoms with Gasteiger partial charge in [0.2, 0.25) is 0 Å². The summed E-state index contributed by atoms with van der Waals surface area (Å²) in [6, 6.07) is 13.8. The van der Waals surface area contributed by atoms with Gasteiger partial charge >= 0.3 is 0 Å². The zero-order valence-corrected chi connectivity index (χ0v) is 13.1. The summed E-state index contributed by atoms with van der Waals surface area (Å²) in [6.45, 7) is 0. The maximum Gasteiger partial charge on any atom is 0.295 e. The maximum absolute atomic E-state index is 11.4. The number of hydrogen-bond donors (Lipinski definition) is 3.